The summed E-state index contributed by atoms with van der Waals surface area (Å²) in [7, 11) is -2.09. The van der Waals surface area contributed by atoms with Crippen LogP contribution < -0.4 is 20.3 Å². The number of aromatic nitrogens is 2. The quantitative estimate of drug-likeness (QED) is 0.304. The van der Waals surface area contributed by atoms with E-state index in [1.165, 1.54) is 29.2 Å². The van der Waals surface area contributed by atoms with Crippen molar-refractivity contribution in [1.29, 1.82) is 0 Å². The first kappa shape index (κ1) is 30.3. The molecule has 0 aliphatic carbocycles. The van der Waals surface area contributed by atoms with Crippen LogP contribution in [0.15, 0.2) is 53.6 Å². The number of aliphatic hydroxyl groups is 1. The van der Waals surface area contributed by atoms with Crippen molar-refractivity contribution in [3.05, 3.63) is 53.7 Å². The lowest BCUT2D eigenvalue weighted by Gasteiger charge is -2.36. The van der Waals surface area contributed by atoms with E-state index >= 15 is 0 Å². The number of hydrogen-bond donors (Lipinski definition) is 3. The van der Waals surface area contributed by atoms with Gasteiger partial charge in [0.05, 0.1) is 40.9 Å². The number of β-amino-alcohol motifs (C(OH)–C–C–N with tert-alkyl or cyclic N) is 1. The summed E-state index contributed by atoms with van der Waals surface area (Å²) in [5.74, 6) is 0.585. The predicted molar refractivity (Wildman–Crippen MR) is 162 cm³/mol. The number of hydrogen-bond acceptors (Lipinski definition) is 10. The van der Waals surface area contributed by atoms with Crippen LogP contribution in [-0.2, 0) is 14.6 Å². The van der Waals surface area contributed by atoms with E-state index in [-0.39, 0.29) is 40.2 Å². The Morgan fingerprint density at radius 3 is 2.58 bits per heavy atom. The highest BCUT2D eigenvalue weighted by Crippen LogP contribution is 2.34. The summed E-state index contributed by atoms with van der Waals surface area (Å²) in [6.45, 7) is 4.55. The van der Waals surface area contributed by atoms with Crippen molar-refractivity contribution in [2.45, 2.75) is 30.1 Å². The Kier molecular flexibility index (Phi) is 8.62. The Labute approximate surface area is 254 Å². The summed E-state index contributed by atoms with van der Waals surface area (Å²) >= 11 is 6.36. The van der Waals surface area contributed by atoms with Crippen molar-refractivity contribution in [1.82, 2.24) is 19.8 Å². The molecule has 3 heterocycles. The molecule has 5 rings (SSSR count). The van der Waals surface area contributed by atoms with Crippen LogP contribution in [-0.4, -0.2) is 96.4 Å². The number of aliphatic hydroxyl groups excluding tert-OH is 1. The van der Waals surface area contributed by atoms with Crippen molar-refractivity contribution < 1.29 is 27.9 Å². The first-order valence-electron chi connectivity index (χ1n) is 13.6. The number of para-hydroxylation sites is 1. The number of benzene rings is 2. The molecule has 15 heteroatoms. The molecule has 2 aliphatic heterocycles. The summed E-state index contributed by atoms with van der Waals surface area (Å²) < 4.78 is 31.3. The second-order valence-electron chi connectivity index (χ2n) is 10.4. The van der Waals surface area contributed by atoms with E-state index < -0.39 is 21.2 Å². The van der Waals surface area contributed by atoms with Gasteiger partial charge in [-0.05, 0) is 38.1 Å². The SMILES string of the molecule is COc1cc(N2CCN(CC(=O)N3CC(O)C3)C2=O)ccc1Nc1ncc(Cl)c(Nc2ccccc2S(=O)(=O)C(C)C)n1. The van der Waals surface area contributed by atoms with Gasteiger partial charge >= 0.3 is 6.03 Å². The van der Waals surface area contributed by atoms with Gasteiger partial charge in [-0.3, -0.25) is 9.69 Å². The van der Waals surface area contributed by atoms with Gasteiger partial charge in [0.25, 0.3) is 0 Å². The maximum Gasteiger partial charge on any atom is 0.325 e. The van der Waals surface area contributed by atoms with E-state index in [2.05, 4.69) is 20.6 Å². The lowest BCUT2D eigenvalue weighted by Crippen LogP contribution is -2.56. The van der Waals surface area contributed by atoms with Gasteiger partial charge in [0.2, 0.25) is 11.9 Å². The number of halogens is 1. The average molecular weight is 630 g/mol. The summed E-state index contributed by atoms with van der Waals surface area (Å²) in [5, 5.41) is 15.1. The molecule has 3 aromatic rings. The second-order valence-corrected chi connectivity index (χ2v) is 13.3. The maximum atomic E-state index is 13.1. The van der Waals surface area contributed by atoms with Crippen molar-refractivity contribution in [3.63, 3.8) is 0 Å². The van der Waals surface area contributed by atoms with E-state index in [1.807, 2.05) is 0 Å². The van der Waals surface area contributed by atoms with Crippen molar-refractivity contribution in [2.24, 2.45) is 0 Å². The number of methoxy groups -OCH3 is 1. The number of likely N-dealkylation sites (tertiary alicyclic amines) is 1. The third kappa shape index (κ3) is 6.31. The zero-order valence-corrected chi connectivity index (χ0v) is 25.4. The molecule has 0 radical (unpaired) electrons. The molecule has 13 nitrogen and oxygen atoms in total. The molecule has 1 aromatic heterocycles. The maximum absolute atomic E-state index is 13.1. The third-order valence-corrected chi connectivity index (χ3v) is 9.68. The Balaban J connectivity index is 1.31. The van der Waals surface area contributed by atoms with Crippen LogP contribution in [0.3, 0.4) is 0 Å². The van der Waals surface area contributed by atoms with Gasteiger partial charge in [0.1, 0.15) is 17.3 Å². The van der Waals surface area contributed by atoms with Gasteiger partial charge < -0.3 is 30.3 Å². The number of rotatable bonds is 10. The molecule has 2 saturated heterocycles. The fourth-order valence-electron chi connectivity index (χ4n) is 4.68. The lowest BCUT2D eigenvalue weighted by atomic mass is 10.2. The molecule has 228 valence electrons. The number of anilines is 5. The number of ether oxygens (including phenoxy) is 1. The number of sulfone groups is 1. The van der Waals surface area contributed by atoms with Crippen molar-refractivity contribution in [2.75, 3.05) is 55.4 Å². The fraction of sp³-hybridized carbons (Fsp3) is 0.357. The van der Waals surface area contributed by atoms with Crippen LogP contribution in [0.4, 0.5) is 33.6 Å². The lowest BCUT2D eigenvalue weighted by molar-refractivity contribution is -0.141. The molecular weight excluding hydrogens is 598 g/mol. The Morgan fingerprint density at radius 2 is 1.88 bits per heavy atom. The highest BCUT2D eigenvalue weighted by Gasteiger charge is 2.35. The van der Waals surface area contributed by atoms with Crippen molar-refractivity contribution in [3.8, 4) is 5.75 Å². The van der Waals surface area contributed by atoms with Crippen LogP contribution in [0.2, 0.25) is 5.02 Å². The molecule has 3 amide bonds. The van der Waals surface area contributed by atoms with E-state index in [0.717, 1.165) is 0 Å². The van der Waals surface area contributed by atoms with Crippen LogP contribution in [0.1, 0.15) is 13.8 Å². The summed E-state index contributed by atoms with van der Waals surface area (Å²) in [4.78, 5) is 38.8. The zero-order chi connectivity index (χ0) is 30.9. The molecule has 0 spiro atoms. The summed E-state index contributed by atoms with van der Waals surface area (Å²) in [5.41, 5.74) is 1.43. The number of nitrogens with one attached hydrogen (secondary N) is 2. The van der Waals surface area contributed by atoms with Crippen LogP contribution >= 0.6 is 11.6 Å². The largest absolute Gasteiger partial charge is 0.494 e. The molecule has 2 fully saturated rings. The zero-order valence-electron chi connectivity index (χ0n) is 23.8. The molecule has 2 aromatic carbocycles. The van der Waals surface area contributed by atoms with Crippen LogP contribution in [0.5, 0.6) is 5.75 Å². The fourth-order valence-corrected chi connectivity index (χ4v) is 6.02. The molecule has 43 heavy (non-hydrogen) atoms. The minimum absolute atomic E-state index is 0.0447. The molecule has 0 unspecified atom stereocenters. The van der Waals surface area contributed by atoms with Gasteiger partial charge in [-0.2, -0.15) is 4.98 Å². The Morgan fingerprint density at radius 1 is 1.14 bits per heavy atom. The second kappa shape index (κ2) is 12.2. The minimum atomic E-state index is -3.58. The molecule has 2 aliphatic rings. The van der Waals surface area contributed by atoms with E-state index in [4.69, 9.17) is 16.3 Å². The first-order valence-corrected chi connectivity index (χ1v) is 15.5. The third-order valence-electron chi connectivity index (χ3n) is 7.19. The van der Waals surface area contributed by atoms with E-state index in [9.17, 15) is 23.1 Å². The minimum Gasteiger partial charge on any atom is -0.494 e. The molecular formula is C28H32ClN7O6S. The monoisotopic (exact) mass is 629 g/mol. The van der Waals surface area contributed by atoms with Crippen LogP contribution in [0.25, 0.3) is 0 Å². The average Bonchev–Trinajstić information content (AvgIpc) is 3.32. The molecule has 0 bridgehead atoms. The highest BCUT2D eigenvalue weighted by molar-refractivity contribution is 7.92. The smallest absolute Gasteiger partial charge is 0.325 e. The van der Waals surface area contributed by atoms with E-state index in [1.54, 1.807) is 55.1 Å². The number of nitrogens with zero attached hydrogens (tertiary/aromatic N) is 5. The summed E-state index contributed by atoms with van der Waals surface area (Å²) in [6.07, 6.45) is 0.889. The van der Waals surface area contributed by atoms with Crippen molar-refractivity contribution >= 4 is 62.2 Å². The van der Waals surface area contributed by atoms with Crippen LogP contribution in [0, 0.1) is 0 Å². The van der Waals surface area contributed by atoms with Gasteiger partial charge in [-0.15, -0.1) is 0 Å². The number of carbonyl (C=O) groups excluding carboxylic acids is 2. The standard InChI is InChI=1S/C28H32ClN7O6S/c1-17(2)43(40,41)24-7-5-4-6-22(24)31-26-20(29)13-30-27(33-26)32-21-9-8-18(12-23(21)42-3)36-11-10-34(28(36)39)16-25(38)35-14-19(37)15-35/h4-9,12-13,17,19,37H,10-11,14-16H2,1-3H3,(H2,30,31,32,33). The predicted octanol–water partition coefficient (Wildman–Crippen LogP) is 3.25. The molecule has 0 saturated carbocycles. The van der Waals surface area contributed by atoms with Gasteiger partial charge in [-0.25, -0.2) is 18.2 Å². The number of carbonyl (C=O) groups is 2. The van der Waals surface area contributed by atoms with E-state index in [0.29, 0.717) is 49.0 Å². The summed E-state index contributed by atoms with van der Waals surface area (Å²) in [6, 6.07) is 11.4. The van der Waals surface area contributed by atoms with Gasteiger partial charge in [0.15, 0.2) is 15.7 Å². The number of urea groups is 1. The molecule has 3 N–H and O–H groups in total. The topological polar surface area (TPSA) is 157 Å². The normalized spacial score (nSPS) is 15.6. The first-order chi connectivity index (χ1) is 20.5. The molecule has 0 atom stereocenters. The van der Waals surface area contributed by atoms with Gasteiger partial charge in [0, 0.05) is 37.9 Å². The Hall–Kier alpha value is -4.14. The number of amides is 3. The van der Waals surface area contributed by atoms with Gasteiger partial charge in [-0.1, -0.05) is 23.7 Å². The Bertz CT molecular complexity index is 1650. The highest BCUT2D eigenvalue weighted by atomic mass is 35.5.